The molecule has 1 aromatic heterocycles. The third kappa shape index (κ3) is 3.88. The minimum Gasteiger partial charge on any atom is -0.497 e. The van der Waals surface area contributed by atoms with Gasteiger partial charge in [-0.2, -0.15) is 5.10 Å². The molecule has 7 heteroatoms. The van der Waals surface area contributed by atoms with Gasteiger partial charge in [-0.3, -0.25) is 9.59 Å². The third-order valence-corrected chi connectivity index (χ3v) is 3.41. The van der Waals surface area contributed by atoms with Crippen LogP contribution in [0.25, 0.3) is 0 Å². The molecular weight excluding hydrogens is 298 g/mol. The van der Waals surface area contributed by atoms with Gasteiger partial charge in [0.1, 0.15) is 18.0 Å². The van der Waals surface area contributed by atoms with Crippen LogP contribution in [0, 0.1) is 13.8 Å². The highest BCUT2D eigenvalue weighted by Gasteiger charge is 2.11. The van der Waals surface area contributed by atoms with Crippen LogP contribution in [0.2, 0.25) is 0 Å². The second-order valence-corrected chi connectivity index (χ2v) is 5.02. The first kappa shape index (κ1) is 16.5. The summed E-state index contributed by atoms with van der Waals surface area (Å²) in [6.45, 7) is 3.42. The van der Waals surface area contributed by atoms with E-state index in [0.717, 1.165) is 10.2 Å². The van der Waals surface area contributed by atoms with E-state index in [9.17, 15) is 9.59 Å². The van der Waals surface area contributed by atoms with E-state index in [0.29, 0.717) is 22.9 Å². The SMILES string of the molecule is COc1ccc(NC(=O)Cn2nc(C)c(C)cc2=O)c(OC)c1. The van der Waals surface area contributed by atoms with Gasteiger partial charge >= 0.3 is 0 Å². The number of rotatable bonds is 5. The molecule has 0 bridgehead atoms. The smallest absolute Gasteiger partial charge is 0.267 e. The molecule has 1 heterocycles. The second-order valence-electron chi connectivity index (χ2n) is 5.02. The Bertz CT molecular complexity index is 783. The number of ether oxygens (including phenoxy) is 2. The van der Waals surface area contributed by atoms with Crippen LogP contribution in [-0.4, -0.2) is 29.9 Å². The zero-order chi connectivity index (χ0) is 17.0. The maximum atomic E-state index is 12.2. The molecule has 0 saturated carbocycles. The van der Waals surface area contributed by atoms with Gasteiger partial charge < -0.3 is 14.8 Å². The molecule has 1 aromatic carbocycles. The van der Waals surface area contributed by atoms with Crippen LogP contribution in [0.1, 0.15) is 11.3 Å². The van der Waals surface area contributed by atoms with E-state index in [1.165, 1.54) is 13.2 Å². The van der Waals surface area contributed by atoms with Crippen molar-refractivity contribution in [1.82, 2.24) is 9.78 Å². The van der Waals surface area contributed by atoms with Crippen molar-refractivity contribution in [3.05, 3.63) is 45.9 Å². The number of aryl methyl sites for hydroxylation is 2. The Kier molecular flexibility index (Phi) is 5.00. The maximum Gasteiger partial charge on any atom is 0.267 e. The number of aromatic nitrogens is 2. The molecule has 1 N–H and O–H groups in total. The molecule has 1 amide bonds. The molecule has 0 radical (unpaired) electrons. The number of nitrogens with one attached hydrogen (secondary N) is 1. The highest BCUT2D eigenvalue weighted by molar-refractivity contribution is 5.92. The van der Waals surface area contributed by atoms with Gasteiger partial charge in [-0.25, -0.2) is 4.68 Å². The molecule has 0 aliphatic heterocycles. The van der Waals surface area contributed by atoms with Crippen molar-refractivity contribution < 1.29 is 14.3 Å². The summed E-state index contributed by atoms with van der Waals surface area (Å²) in [5.74, 6) is 0.719. The molecule has 0 saturated heterocycles. The first-order valence-electron chi connectivity index (χ1n) is 7.02. The van der Waals surface area contributed by atoms with Crippen LogP contribution in [-0.2, 0) is 11.3 Å². The first-order valence-corrected chi connectivity index (χ1v) is 7.02. The van der Waals surface area contributed by atoms with Crippen molar-refractivity contribution in [2.75, 3.05) is 19.5 Å². The van der Waals surface area contributed by atoms with Gasteiger partial charge in [-0.1, -0.05) is 0 Å². The first-order chi connectivity index (χ1) is 10.9. The molecule has 0 aliphatic carbocycles. The largest absolute Gasteiger partial charge is 0.497 e. The minimum absolute atomic E-state index is 0.171. The summed E-state index contributed by atoms with van der Waals surface area (Å²) in [7, 11) is 3.05. The fourth-order valence-corrected chi connectivity index (χ4v) is 2.01. The Balaban J connectivity index is 2.17. The van der Waals surface area contributed by atoms with E-state index in [2.05, 4.69) is 10.4 Å². The summed E-state index contributed by atoms with van der Waals surface area (Å²) >= 11 is 0. The van der Waals surface area contributed by atoms with Crippen LogP contribution in [0.3, 0.4) is 0 Å². The number of hydrogen-bond acceptors (Lipinski definition) is 5. The predicted molar refractivity (Wildman–Crippen MR) is 86.1 cm³/mol. The van der Waals surface area contributed by atoms with Gasteiger partial charge in [0.15, 0.2) is 0 Å². The topological polar surface area (TPSA) is 82.5 Å². The van der Waals surface area contributed by atoms with Crippen molar-refractivity contribution in [2.45, 2.75) is 20.4 Å². The lowest BCUT2D eigenvalue weighted by atomic mass is 10.2. The van der Waals surface area contributed by atoms with Gasteiger partial charge in [-0.05, 0) is 31.5 Å². The highest BCUT2D eigenvalue weighted by Crippen LogP contribution is 2.28. The van der Waals surface area contributed by atoms with Gasteiger partial charge in [0.05, 0.1) is 25.6 Å². The lowest BCUT2D eigenvalue weighted by Gasteiger charge is -2.12. The zero-order valence-electron chi connectivity index (χ0n) is 13.5. The van der Waals surface area contributed by atoms with Crippen molar-refractivity contribution in [3.63, 3.8) is 0 Å². The zero-order valence-corrected chi connectivity index (χ0v) is 13.5. The molecule has 0 atom stereocenters. The van der Waals surface area contributed by atoms with Gasteiger partial charge in [0, 0.05) is 12.1 Å². The summed E-state index contributed by atoms with van der Waals surface area (Å²) in [4.78, 5) is 24.0. The summed E-state index contributed by atoms with van der Waals surface area (Å²) in [6.07, 6.45) is 0. The van der Waals surface area contributed by atoms with Crippen LogP contribution in [0.15, 0.2) is 29.1 Å². The van der Waals surface area contributed by atoms with Crippen LogP contribution in [0.4, 0.5) is 5.69 Å². The molecule has 7 nitrogen and oxygen atoms in total. The molecule has 2 rings (SSSR count). The van der Waals surface area contributed by atoms with Crippen molar-refractivity contribution >= 4 is 11.6 Å². The molecule has 0 unspecified atom stereocenters. The molecule has 0 aliphatic rings. The quantitative estimate of drug-likeness (QED) is 0.904. The Morgan fingerprint density at radius 1 is 1.22 bits per heavy atom. The number of nitrogens with zero attached hydrogens (tertiary/aromatic N) is 2. The molecule has 0 spiro atoms. The average molecular weight is 317 g/mol. The lowest BCUT2D eigenvalue weighted by molar-refractivity contribution is -0.117. The molecule has 122 valence electrons. The summed E-state index contributed by atoms with van der Waals surface area (Å²) in [5.41, 5.74) is 1.68. The standard InChI is InChI=1S/C16H19N3O4/c1-10-7-16(21)19(18-11(10)2)9-15(20)17-13-6-5-12(22-3)8-14(13)23-4/h5-8H,9H2,1-4H3,(H,17,20). The van der Waals surface area contributed by atoms with Crippen LogP contribution < -0.4 is 20.3 Å². The number of hydrogen-bond donors (Lipinski definition) is 1. The monoisotopic (exact) mass is 317 g/mol. The second kappa shape index (κ2) is 6.95. The van der Waals surface area contributed by atoms with E-state index in [4.69, 9.17) is 9.47 Å². The number of anilines is 1. The number of benzene rings is 1. The number of carbonyl (C=O) groups excluding carboxylic acids is 1. The molecular formula is C16H19N3O4. The van der Waals surface area contributed by atoms with Crippen molar-refractivity contribution in [3.8, 4) is 11.5 Å². The molecule has 23 heavy (non-hydrogen) atoms. The van der Waals surface area contributed by atoms with E-state index >= 15 is 0 Å². The minimum atomic E-state index is -0.369. The molecule has 2 aromatic rings. The van der Waals surface area contributed by atoms with Crippen LogP contribution in [0.5, 0.6) is 11.5 Å². The fraction of sp³-hybridized carbons (Fsp3) is 0.312. The Hall–Kier alpha value is -2.83. The van der Waals surface area contributed by atoms with E-state index < -0.39 is 0 Å². The number of amides is 1. The third-order valence-electron chi connectivity index (χ3n) is 3.41. The summed E-state index contributed by atoms with van der Waals surface area (Å²) in [6, 6.07) is 6.50. The average Bonchev–Trinajstić information content (AvgIpc) is 2.53. The Labute approximate surface area is 133 Å². The van der Waals surface area contributed by atoms with E-state index in [-0.39, 0.29) is 18.0 Å². The van der Waals surface area contributed by atoms with Crippen molar-refractivity contribution in [1.29, 1.82) is 0 Å². The predicted octanol–water partition coefficient (Wildman–Crippen LogP) is 1.52. The summed E-state index contributed by atoms with van der Waals surface area (Å²) in [5, 5.41) is 6.82. The Morgan fingerprint density at radius 2 is 1.96 bits per heavy atom. The van der Waals surface area contributed by atoms with Gasteiger partial charge in [-0.15, -0.1) is 0 Å². The number of methoxy groups -OCH3 is 2. The van der Waals surface area contributed by atoms with E-state index in [1.54, 1.807) is 39.2 Å². The van der Waals surface area contributed by atoms with Gasteiger partial charge in [0.2, 0.25) is 5.91 Å². The van der Waals surface area contributed by atoms with Gasteiger partial charge in [0.25, 0.3) is 5.56 Å². The van der Waals surface area contributed by atoms with Crippen molar-refractivity contribution in [2.24, 2.45) is 0 Å². The van der Waals surface area contributed by atoms with E-state index in [1.807, 2.05) is 0 Å². The number of carbonyl (C=O) groups is 1. The lowest BCUT2D eigenvalue weighted by Crippen LogP contribution is -2.30. The summed E-state index contributed by atoms with van der Waals surface area (Å²) < 4.78 is 11.5. The normalized spacial score (nSPS) is 10.3. The highest BCUT2D eigenvalue weighted by atomic mass is 16.5. The Morgan fingerprint density at radius 3 is 2.61 bits per heavy atom. The van der Waals surface area contributed by atoms with Crippen LogP contribution >= 0.6 is 0 Å². The molecule has 0 fully saturated rings. The maximum absolute atomic E-state index is 12.2. The fourth-order valence-electron chi connectivity index (χ4n) is 2.01.